The average Bonchev–Trinajstić information content (AvgIpc) is 2.25. The topological polar surface area (TPSA) is 26.3 Å². The van der Waals surface area contributed by atoms with Crippen LogP contribution in [0.2, 0.25) is 0 Å². The molecule has 3 unspecified atom stereocenters. The Morgan fingerprint density at radius 3 is 2.93 bits per heavy atom. The average molecular weight is 295 g/mol. The smallest absolute Gasteiger partial charge is 0.320 e. The molecule has 88 valence electrons. The maximum Gasteiger partial charge on any atom is 0.320 e. The summed E-state index contributed by atoms with van der Waals surface area (Å²) in [5, 5.41) is 0.735. The molecule has 1 fully saturated rings. The summed E-state index contributed by atoms with van der Waals surface area (Å²) in [7, 11) is 1.43. The van der Waals surface area contributed by atoms with Gasteiger partial charge in [0.2, 0.25) is 0 Å². The number of alkyl halides is 1. The molecule has 2 nitrogen and oxygen atoms in total. The predicted octanol–water partition coefficient (Wildman–Crippen LogP) is 3.23. The van der Waals surface area contributed by atoms with Crippen LogP contribution in [0, 0.1) is 5.92 Å². The number of carbonyl (C=O) groups is 1. The zero-order chi connectivity index (χ0) is 11.3. The fraction of sp³-hybridized carbons (Fsp3) is 0.909. The first-order chi connectivity index (χ1) is 7.13. The van der Waals surface area contributed by atoms with Gasteiger partial charge in [-0.1, -0.05) is 35.7 Å². The molecule has 0 bridgehead atoms. The summed E-state index contributed by atoms with van der Waals surface area (Å²) in [4.78, 5) is 11.0. The lowest BCUT2D eigenvalue weighted by atomic mass is 9.91. The fourth-order valence-electron chi connectivity index (χ4n) is 1.95. The molecular weight excluding hydrogens is 276 g/mol. The van der Waals surface area contributed by atoms with E-state index < -0.39 is 0 Å². The number of ether oxygens (including phenoxy) is 1. The van der Waals surface area contributed by atoms with Gasteiger partial charge in [-0.3, -0.25) is 4.79 Å². The van der Waals surface area contributed by atoms with Gasteiger partial charge in [0.15, 0.2) is 0 Å². The molecule has 3 atom stereocenters. The van der Waals surface area contributed by atoms with Gasteiger partial charge in [-0.05, 0) is 18.8 Å². The zero-order valence-corrected chi connectivity index (χ0v) is 11.8. The second-order valence-corrected chi connectivity index (χ2v) is 6.66. The Labute approximate surface area is 105 Å². The van der Waals surface area contributed by atoms with Gasteiger partial charge >= 0.3 is 5.97 Å². The standard InChI is InChI=1S/C11H19BrO2S/c1-8-4-3-5-9(6-8)15-7-10(12)11(13)14-2/h8-10H,3-7H2,1-2H3. The summed E-state index contributed by atoms with van der Waals surface area (Å²) in [6, 6.07) is 0. The summed E-state index contributed by atoms with van der Waals surface area (Å²) in [6.07, 6.45) is 5.30. The summed E-state index contributed by atoms with van der Waals surface area (Å²) < 4.78 is 4.67. The number of esters is 1. The molecule has 0 N–H and O–H groups in total. The number of halogens is 1. The van der Waals surface area contributed by atoms with E-state index in [1.54, 1.807) is 0 Å². The molecule has 0 amide bonds. The Balaban J connectivity index is 2.21. The van der Waals surface area contributed by atoms with Crippen molar-refractivity contribution in [2.45, 2.75) is 42.7 Å². The maximum atomic E-state index is 11.2. The molecule has 0 aromatic carbocycles. The fourth-order valence-corrected chi connectivity index (χ4v) is 3.97. The second-order valence-electron chi connectivity index (χ2n) is 4.22. The minimum absolute atomic E-state index is 0.148. The van der Waals surface area contributed by atoms with Crippen LogP contribution in [0.5, 0.6) is 0 Å². The first-order valence-corrected chi connectivity index (χ1v) is 7.43. The molecular formula is C11H19BrO2S. The summed E-state index contributed by atoms with van der Waals surface area (Å²) in [5.41, 5.74) is 0. The van der Waals surface area contributed by atoms with Crippen LogP contribution >= 0.6 is 27.7 Å². The monoisotopic (exact) mass is 294 g/mol. The van der Waals surface area contributed by atoms with Gasteiger partial charge in [-0.15, -0.1) is 0 Å². The Morgan fingerprint density at radius 1 is 1.60 bits per heavy atom. The molecule has 0 radical (unpaired) electrons. The van der Waals surface area contributed by atoms with Crippen molar-refractivity contribution in [3.8, 4) is 0 Å². The van der Waals surface area contributed by atoms with Gasteiger partial charge in [0, 0.05) is 11.0 Å². The SMILES string of the molecule is COC(=O)C(Br)CSC1CCCC(C)C1. The van der Waals surface area contributed by atoms with E-state index in [1.807, 2.05) is 11.8 Å². The Hall–Kier alpha value is 0.300. The number of rotatable bonds is 4. The Bertz CT molecular complexity index is 211. The summed E-state index contributed by atoms with van der Waals surface area (Å²) >= 11 is 5.26. The Morgan fingerprint density at radius 2 is 2.33 bits per heavy atom. The van der Waals surface area contributed by atoms with Gasteiger partial charge in [0.1, 0.15) is 4.83 Å². The van der Waals surface area contributed by atoms with Crippen LogP contribution in [0.15, 0.2) is 0 Å². The number of thioether (sulfide) groups is 1. The van der Waals surface area contributed by atoms with Crippen molar-refractivity contribution < 1.29 is 9.53 Å². The van der Waals surface area contributed by atoms with Crippen molar-refractivity contribution in [2.75, 3.05) is 12.9 Å². The third kappa shape index (κ3) is 4.77. The zero-order valence-electron chi connectivity index (χ0n) is 9.37. The van der Waals surface area contributed by atoms with Crippen molar-refractivity contribution in [3.05, 3.63) is 0 Å². The third-order valence-corrected chi connectivity index (χ3v) is 5.37. The minimum Gasteiger partial charge on any atom is -0.468 e. The van der Waals surface area contributed by atoms with E-state index in [4.69, 9.17) is 0 Å². The summed E-state index contributed by atoms with van der Waals surface area (Å²) in [5.74, 6) is 1.51. The number of carbonyl (C=O) groups excluding carboxylic acids is 1. The molecule has 4 heteroatoms. The minimum atomic E-state index is -0.161. The number of hydrogen-bond donors (Lipinski definition) is 0. The van der Waals surface area contributed by atoms with E-state index in [9.17, 15) is 4.79 Å². The van der Waals surface area contributed by atoms with Crippen LogP contribution in [0.1, 0.15) is 32.6 Å². The van der Waals surface area contributed by atoms with E-state index in [0.29, 0.717) is 0 Å². The second kappa shape index (κ2) is 6.79. The van der Waals surface area contributed by atoms with Crippen molar-refractivity contribution in [1.82, 2.24) is 0 Å². The lowest BCUT2D eigenvalue weighted by Crippen LogP contribution is -2.21. The van der Waals surface area contributed by atoms with Crippen LogP contribution in [0.4, 0.5) is 0 Å². The van der Waals surface area contributed by atoms with Gasteiger partial charge in [0.25, 0.3) is 0 Å². The van der Waals surface area contributed by atoms with Crippen LogP contribution in [-0.4, -0.2) is 28.9 Å². The molecule has 0 saturated heterocycles. The van der Waals surface area contributed by atoms with Crippen LogP contribution in [0.25, 0.3) is 0 Å². The highest BCUT2D eigenvalue weighted by Gasteiger charge is 2.22. The number of hydrogen-bond acceptors (Lipinski definition) is 3. The van der Waals surface area contributed by atoms with E-state index in [1.165, 1.54) is 32.8 Å². The normalized spacial score (nSPS) is 28.5. The highest BCUT2D eigenvalue weighted by Crippen LogP contribution is 2.32. The van der Waals surface area contributed by atoms with Crippen molar-refractivity contribution in [3.63, 3.8) is 0 Å². The highest BCUT2D eigenvalue weighted by atomic mass is 79.9. The van der Waals surface area contributed by atoms with E-state index in [2.05, 4.69) is 27.6 Å². The van der Waals surface area contributed by atoms with E-state index in [0.717, 1.165) is 16.9 Å². The van der Waals surface area contributed by atoms with E-state index >= 15 is 0 Å². The van der Waals surface area contributed by atoms with Crippen molar-refractivity contribution in [1.29, 1.82) is 0 Å². The largest absolute Gasteiger partial charge is 0.468 e. The first kappa shape index (κ1) is 13.4. The molecule has 0 heterocycles. The van der Waals surface area contributed by atoms with Crippen molar-refractivity contribution in [2.24, 2.45) is 5.92 Å². The molecule has 1 rings (SSSR count). The summed E-state index contributed by atoms with van der Waals surface area (Å²) in [6.45, 7) is 2.32. The van der Waals surface area contributed by atoms with Crippen LogP contribution in [0.3, 0.4) is 0 Å². The van der Waals surface area contributed by atoms with E-state index in [-0.39, 0.29) is 10.8 Å². The maximum absolute atomic E-state index is 11.2. The quantitative estimate of drug-likeness (QED) is 0.588. The Kier molecular flexibility index (Phi) is 6.05. The lowest BCUT2D eigenvalue weighted by molar-refractivity contribution is -0.139. The molecule has 0 aromatic rings. The third-order valence-electron chi connectivity index (χ3n) is 2.82. The van der Waals surface area contributed by atoms with Gasteiger partial charge in [-0.25, -0.2) is 0 Å². The molecule has 0 aromatic heterocycles. The molecule has 1 saturated carbocycles. The number of methoxy groups -OCH3 is 1. The van der Waals surface area contributed by atoms with Crippen molar-refractivity contribution >= 4 is 33.7 Å². The van der Waals surface area contributed by atoms with Crippen LogP contribution in [-0.2, 0) is 9.53 Å². The molecule has 0 aliphatic heterocycles. The lowest BCUT2D eigenvalue weighted by Gasteiger charge is -2.26. The molecule has 1 aliphatic carbocycles. The van der Waals surface area contributed by atoms with Gasteiger partial charge in [-0.2, -0.15) is 11.8 Å². The molecule has 15 heavy (non-hydrogen) atoms. The van der Waals surface area contributed by atoms with Crippen LogP contribution < -0.4 is 0 Å². The first-order valence-electron chi connectivity index (χ1n) is 5.47. The molecule has 1 aliphatic rings. The van der Waals surface area contributed by atoms with Gasteiger partial charge in [0.05, 0.1) is 7.11 Å². The predicted molar refractivity (Wildman–Crippen MR) is 68.6 cm³/mol. The highest BCUT2D eigenvalue weighted by molar-refractivity contribution is 9.10. The molecule has 0 spiro atoms. The van der Waals surface area contributed by atoms with Gasteiger partial charge < -0.3 is 4.74 Å².